The van der Waals surface area contributed by atoms with Gasteiger partial charge in [0.1, 0.15) is 5.54 Å². The number of nitriles is 1. The van der Waals surface area contributed by atoms with Crippen molar-refractivity contribution in [2.24, 2.45) is 11.8 Å². The van der Waals surface area contributed by atoms with E-state index in [0.717, 1.165) is 24.2 Å². The molecule has 0 bridgehead atoms. The highest BCUT2D eigenvalue weighted by molar-refractivity contribution is 6.02. The Hall–Kier alpha value is -3.32. The summed E-state index contributed by atoms with van der Waals surface area (Å²) in [4.78, 5) is 13.3. The molecule has 0 aromatic heterocycles. The minimum atomic E-state index is -0.616. The maximum absolute atomic E-state index is 13.3. The van der Waals surface area contributed by atoms with Crippen LogP contribution < -0.4 is 10.6 Å². The van der Waals surface area contributed by atoms with Crippen LogP contribution in [0.25, 0.3) is 0 Å². The summed E-state index contributed by atoms with van der Waals surface area (Å²) in [6.07, 6.45) is 8.15. The number of amides is 1. The summed E-state index contributed by atoms with van der Waals surface area (Å²) in [5.74, 6) is 0.684. The summed E-state index contributed by atoms with van der Waals surface area (Å²) in [7, 11) is 0. The summed E-state index contributed by atoms with van der Waals surface area (Å²) in [6, 6.07) is 18.4. The Balaban J connectivity index is 1.48. The van der Waals surface area contributed by atoms with Crippen LogP contribution >= 0.6 is 0 Å². The second kappa shape index (κ2) is 5.14. The molecule has 4 atom stereocenters. The molecule has 2 N–H and O–H groups in total. The Labute approximate surface area is 163 Å². The second-order valence-electron chi connectivity index (χ2n) is 8.31. The molecular weight excluding hydrogens is 346 g/mol. The lowest BCUT2D eigenvalue weighted by Gasteiger charge is -2.38. The molecule has 2 heterocycles. The maximum Gasteiger partial charge on any atom is 0.251 e. The Morgan fingerprint density at radius 3 is 2.79 bits per heavy atom. The van der Waals surface area contributed by atoms with Gasteiger partial charge in [0.05, 0.1) is 17.0 Å². The van der Waals surface area contributed by atoms with Crippen molar-refractivity contribution in [3.05, 3.63) is 89.1 Å². The van der Waals surface area contributed by atoms with Crippen molar-refractivity contribution in [2.75, 3.05) is 5.32 Å². The van der Waals surface area contributed by atoms with Gasteiger partial charge in [-0.15, -0.1) is 0 Å². The Morgan fingerprint density at radius 1 is 1.14 bits per heavy atom. The lowest BCUT2D eigenvalue weighted by molar-refractivity contribution is -0.123. The third-order valence-corrected chi connectivity index (χ3v) is 7.17. The maximum atomic E-state index is 13.3. The van der Waals surface area contributed by atoms with Crippen LogP contribution in [-0.2, 0) is 16.6 Å². The molecule has 28 heavy (non-hydrogen) atoms. The summed E-state index contributed by atoms with van der Waals surface area (Å²) in [5, 5.41) is 15.9. The second-order valence-corrected chi connectivity index (χ2v) is 8.31. The van der Waals surface area contributed by atoms with Crippen molar-refractivity contribution < 1.29 is 4.79 Å². The lowest BCUT2D eigenvalue weighted by Crippen LogP contribution is -2.52. The highest BCUT2D eigenvalue weighted by Crippen LogP contribution is 2.68. The van der Waals surface area contributed by atoms with Gasteiger partial charge in [-0.25, -0.2) is 0 Å². The number of anilines is 1. The van der Waals surface area contributed by atoms with E-state index in [9.17, 15) is 4.79 Å². The molecule has 1 spiro atoms. The van der Waals surface area contributed by atoms with Crippen molar-refractivity contribution >= 4 is 11.6 Å². The molecule has 6 rings (SSSR count). The number of allylic oxidation sites excluding steroid dienone is 3. The van der Waals surface area contributed by atoms with Gasteiger partial charge in [0.15, 0.2) is 0 Å². The molecule has 2 fully saturated rings. The van der Waals surface area contributed by atoms with Crippen LogP contribution in [0, 0.1) is 23.2 Å². The van der Waals surface area contributed by atoms with Crippen molar-refractivity contribution in [3.8, 4) is 6.07 Å². The van der Waals surface area contributed by atoms with Crippen molar-refractivity contribution in [2.45, 2.75) is 23.8 Å². The fourth-order valence-electron chi connectivity index (χ4n) is 6.22. The lowest BCUT2D eigenvalue weighted by atomic mass is 9.63. The van der Waals surface area contributed by atoms with Gasteiger partial charge >= 0.3 is 0 Å². The molecule has 4 nitrogen and oxygen atoms in total. The van der Waals surface area contributed by atoms with E-state index < -0.39 is 5.54 Å². The fraction of sp³-hybridized carbons (Fsp3) is 0.250. The van der Waals surface area contributed by atoms with Crippen molar-refractivity contribution in [1.82, 2.24) is 5.32 Å². The number of carbonyl (C=O) groups excluding carboxylic acids is 1. The first kappa shape index (κ1) is 15.7. The van der Waals surface area contributed by atoms with Crippen LogP contribution in [-0.4, -0.2) is 11.4 Å². The topological polar surface area (TPSA) is 64.9 Å². The van der Waals surface area contributed by atoms with Gasteiger partial charge in [0.25, 0.3) is 5.91 Å². The van der Waals surface area contributed by atoms with Crippen LogP contribution in [0.3, 0.4) is 0 Å². The zero-order valence-electron chi connectivity index (χ0n) is 15.3. The SMILES string of the molecule is N#Cc1ccc(C[C@H]2C[C@@]34Nc5ccccc5[C@]35C(=CC=C[C@H]25)NC4=O)cc1. The summed E-state index contributed by atoms with van der Waals surface area (Å²) < 4.78 is 0. The molecule has 4 heteroatoms. The van der Waals surface area contributed by atoms with E-state index in [1.165, 1.54) is 11.1 Å². The zero-order valence-corrected chi connectivity index (χ0v) is 15.3. The standard InChI is InChI=1S/C24H19N3O/c25-14-16-10-8-15(9-11-16)12-17-13-23-22(28)26-21-7-3-5-18(17)24(21,23)19-4-1-2-6-20(19)27-23/h1-11,17-18,27H,12-13H2,(H,26,28)/t17-,18+,23-,24+/m0/s1. The Morgan fingerprint density at radius 2 is 1.96 bits per heavy atom. The van der Waals surface area contributed by atoms with Crippen LogP contribution in [0.4, 0.5) is 5.69 Å². The van der Waals surface area contributed by atoms with E-state index in [-0.39, 0.29) is 17.2 Å². The normalized spacial score (nSPS) is 33.2. The third kappa shape index (κ3) is 1.64. The van der Waals surface area contributed by atoms with E-state index >= 15 is 0 Å². The van der Waals surface area contributed by atoms with Gasteiger partial charge in [0.2, 0.25) is 0 Å². The summed E-state index contributed by atoms with van der Waals surface area (Å²) in [5.41, 5.74) is 4.29. The molecule has 2 aromatic rings. The van der Waals surface area contributed by atoms with Gasteiger partial charge in [-0.05, 0) is 60.1 Å². The number of benzene rings is 2. The number of nitrogens with zero attached hydrogens (tertiary/aromatic N) is 1. The van der Waals surface area contributed by atoms with Crippen molar-refractivity contribution in [3.63, 3.8) is 0 Å². The number of carbonyl (C=O) groups is 1. The molecule has 1 saturated carbocycles. The average Bonchev–Trinajstić information content (AvgIpc) is 3.26. The molecule has 0 unspecified atom stereocenters. The summed E-state index contributed by atoms with van der Waals surface area (Å²) >= 11 is 0. The van der Waals surface area contributed by atoms with Gasteiger partial charge < -0.3 is 10.6 Å². The van der Waals surface area contributed by atoms with E-state index in [1.807, 2.05) is 30.3 Å². The Bertz CT molecular complexity index is 1120. The number of rotatable bonds is 2. The number of hydrogen-bond donors (Lipinski definition) is 2. The van der Waals surface area contributed by atoms with Gasteiger partial charge in [-0.2, -0.15) is 5.26 Å². The molecule has 136 valence electrons. The van der Waals surface area contributed by atoms with E-state index in [1.54, 1.807) is 0 Å². The van der Waals surface area contributed by atoms with E-state index in [2.05, 4.69) is 53.1 Å². The smallest absolute Gasteiger partial charge is 0.251 e. The molecule has 2 aliphatic carbocycles. The summed E-state index contributed by atoms with van der Waals surface area (Å²) in [6.45, 7) is 0. The van der Waals surface area contributed by atoms with Gasteiger partial charge in [-0.1, -0.05) is 42.5 Å². The largest absolute Gasteiger partial charge is 0.370 e. The number of fused-ring (bicyclic) bond motifs is 1. The number of hydrogen-bond acceptors (Lipinski definition) is 3. The highest BCUT2D eigenvalue weighted by atomic mass is 16.2. The van der Waals surface area contributed by atoms with Crippen molar-refractivity contribution in [1.29, 1.82) is 5.26 Å². The van der Waals surface area contributed by atoms with E-state index in [0.29, 0.717) is 11.5 Å². The third-order valence-electron chi connectivity index (χ3n) is 7.17. The van der Waals surface area contributed by atoms with Crippen LogP contribution in [0.1, 0.15) is 23.1 Å². The molecule has 4 aliphatic rings. The quantitative estimate of drug-likeness (QED) is 0.857. The molecule has 1 saturated heterocycles. The molecule has 2 aliphatic heterocycles. The van der Waals surface area contributed by atoms with Crippen LogP contribution in [0.15, 0.2) is 72.5 Å². The van der Waals surface area contributed by atoms with Gasteiger partial charge in [0, 0.05) is 11.4 Å². The fourth-order valence-corrected chi connectivity index (χ4v) is 6.22. The molecule has 0 radical (unpaired) electrons. The van der Waals surface area contributed by atoms with Gasteiger partial charge in [-0.3, -0.25) is 4.79 Å². The molecule has 1 amide bonds. The minimum absolute atomic E-state index is 0.0889. The monoisotopic (exact) mass is 365 g/mol. The van der Waals surface area contributed by atoms with Crippen LogP contribution in [0.2, 0.25) is 0 Å². The minimum Gasteiger partial charge on any atom is -0.370 e. The predicted molar refractivity (Wildman–Crippen MR) is 106 cm³/mol. The molecule has 2 aromatic carbocycles. The first-order chi connectivity index (χ1) is 13.7. The number of para-hydroxylation sites is 1. The average molecular weight is 365 g/mol. The van der Waals surface area contributed by atoms with Crippen LogP contribution in [0.5, 0.6) is 0 Å². The highest BCUT2D eigenvalue weighted by Gasteiger charge is 2.76. The first-order valence-corrected chi connectivity index (χ1v) is 9.76. The first-order valence-electron chi connectivity index (χ1n) is 9.76. The Kier molecular flexibility index (Phi) is 2.88. The number of nitrogens with one attached hydrogen (secondary N) is 2. The zero-order chi connectivity index (χ0) is 18.9. The molecular formula is C24H19N3O. The van der Waals surface area contributed by atoms with E-state index in [4.69, 9.17) is 5.26 Å². The predicted octanol–water partition coefficient (Wildman–Crippen LogP) is 3.42.